The Hall–Kier alpha value is -1.10. The minimum atomic E-state index is -0.0207. The molecule has 1 aromatic rings. The van der Waals surface area contributed by atoms with Gasteiger partial charge in [0.15, 0.2) is 0 Å². The first-order valence-electron chi connectivity index (χ1n) is 4.64. The Labute approximate surface area is 76.2 Å². The van der Waals surface area contributed by atoms with Crippen molar-refractivity contribution >= 4 is 0 Å². The predicted molar refractivity (Wildman–Crippen MR) is 48.5 cm³/mol. The standard InChI is InChI=1S/C8H14N4O/c1-2-12-8(13)11-5-6(9)3-4-7(11)10-12/h6H,2-5,9H2,1H3. The summed E-state index contributed by atoms with van der Waals surface area (Å²) in [4.78, 5) is 11.6. The maximum absolute atomic E-state index is 11.6. The molecule has 1 aliphatic heterocycles. The first-order valence-corrected chi connectivity index (χ1v) is 4.64. The Morgan fingerprint density at radius 1 is 1.69 bits per heavy atom. The third-order valence-electron chi connectivity index (χ3n) is 2.45. The van der Waals surface area contributed by atoms with Gasteiger partial charge in [0.1, 0.15) is 5.82 Å². The SMILES string of the molecule is CCn1nc2n(c1=O)CC(N)CC2. The lowest BCUT2D eigenvalue weighted by Crippen LogP contribution is -2.37. The van der Waals surface area contributed by atoms with Crippen molar-refractivity contribution in [2.75, 3.05) is 0 Å². The molecule has 0 saturated carbocycles. The molecule has 0 radical (unpaired) electrons. The molecule has 0 saturated heterocycles. The van der Waals surface area contributed by atoms with Crippen molar-refractivity contribution < 1.29 is 0 Å². The number of hydrogen-bond acceptors (Lipinski definition) is 3. The summed E-state index contributed by atoms with van der Waals surface area (Å²) in [5.41, 5.74) is 5.75. The Balaban J connectivity index is 2.46. The number of fused-ring (bicyclic) bond motifs is 1. The van der Waals surface area contributed by atoms with Crippen LogP contribution in [0.3, 0.4) is 0 Å². The van der Waals surface area contributed by atoms with Gasteiger partial charge in [-0.25, -0.2) is 9.48 Å². The van der Waals surface area contributed by atoms with Crippen molar-refractivity contribution in [2.45, 2.75) is 38.9 Å². The van der Waals surface area contributed by atoms with Crippen LogP contribution in [0.1, 0.15) is 19.2 Å². The van der Waals surface area contributed by atoms with E-state index in [2.05, 4.69) is 5.10 Å². The molecule has 2 N–H and O–H groups in total. The second-order valence-corrected chi connectivity index (χ2v) is 3.42. The van der Waals surface area contributed by atoms with E-state index in [1.165, 1.54) is 4.68 Å². The summed E-state index contributed by atoms with van der Waals surface area (Å²) in [5, 5.41) is 4.21. The average Bonchev–Trinajstić information content (AvgIpc) is 2.44. The van der Waals surface area contributed by atoms with Gasteiger partial charge in [-0.15, -0.1) is 0 Å². The molecule has 5 nitrogen and oxygen atoms in total. The van der Waals surface area contributed by atoms with Crippen LogP contribution >= 0.6 is 0 Å². The Morgan fingerprint density at radius 3 is 3.15 bits per heavy atom. The van der Waals surface area contributed by atoms with Crippen LogP contribution < -0.4 is 11.4 Å². The van der Waals surface area contributed by atoms with E-state index in [4.69, 9.17) is 5.73 Å². The van der Waals surface area contributed by atoms with Crippen molar-refractivity contribution in [3.05, 3.63) is 16.3 Å². The van der Waals surface area contributed by atoms with Gasteiger partial charge in [0.2, 0.25) is 0 Å². The van der Waals surface area contributed by atoms with E-state index in [0.717, 1.165) is 18.7 Å². The topological polar surface area (TPSA) is 65.8 Å². The molecule has 0 aromatic carbocycles. The van der Waals surface area contributed by atoms with Gasteiger partial charge < -0.3 is 5.73 Å². The fourth-order valence-corrected chi connectivity index (χ4v) is 1.70. The number of rotatable bonds is 1. The van der Waals surface area contributed by atoms with Crippen LogP contribution in [0.5, 0.6) is 0 Å². The van der Waals surface area contributed by atoms with Crippen molar-refractivity contribution in [1.29, 1.82) is 0 Å². The van der Waals surface area contributed by atoms with E-state index in [1.54, 1.807) is 4.57 Å². The molecule has 5 heteroatoms. The summed E-state index contributed by atoms with van der Waals surface area (Å²) in [6, 6.07) is 0.111. The summed E-state index contributed by atoms with van der Waals surface area (Å²) in [6.45, 7) is 3.17. The van der Waals surface area contributed by atoms with Gasteiger partial charge in [0, 0.05) is 25.6 Å². The highest BCUT2D eigenvalue weighted by Gasteiger charge is 2.20. The zero-order valence-corrected chi connectivity index (χ0v) is 7.73. The molecule has 1 atom stereocenters. The van der Waals surface area contributed by atoms with Crippen LogP contribution in [0.4, 0.5) is 0 Å². The van der Waals surface area contributed by atoms with Crippen molar-refractivity contribution in [3.8, 4) is 0 Å². The zero-order chi connectivity index (χ0) is 9.42. The molecule has 72 valence electrons. The molecule has 1 aliphatic rings. The third-order valence-corrected chi connectivity index (χ3v) is 2.45. The van der Waals surface area contributed by atoms with Crippen LogP contribution in [0.2, 0.25) is 0 Å². The Bertz CT molecular complexity index is 365. The van der Waals surface area contributed by atoms with E-state index in [9.17, 15) is 4.79 Å². The van der Waals surface area contributed by atoms with Gasteiger partial charge in [0.25, 0.3) is 0 Å². The molecule has 0 amide bonds. The smallest absolute Gasteiger partial charge is 0.326 e. The van der Waals surface area contributed by atoms with Crippen LogP contribution in [0.15, 0.2) is 4.79 Å². The van der Waals surface area contributed by atoms with Crippen LogP contribution in [-0.4, -0.2) is 20.4 Å². The summed E-state index contributed by atoms with van der Waals surface area (Å²) >= 11 is 0. The first-order chi connectivity index (χ1) is 6.22. The number of aromatic nitrogens is 3. The van der Waals surface area contributed by atoms with Gasteiger partial charge in [0.05, 0.1) is 0 Å². The normalized spacial score (nSPS) is 21.5. The first kappa shape index (κ1) is 8.50. The van der Waals surface area contributed by atoms with Crippen LogP contribution in [0.25, 0.3) is 0 Å². The molecule has 0 spiro atoms. The molecule has 2 rings (SSSR count). The molecular formula is C8H14N4O. The zero-order valence-electron chi connectivity index (χ0n) is 7.73. The van der Waals surface area contributed by atoms with Gasteiger partial charge in [-0.3, -0.25) is 4.57 Å². The molecule has 0 bridgehead atoms. The van der Waals surface area contributed by atoms with Crippen LogP contribution in [-0.2, 0) is 19.5 Å². The predicted octanol–water partition coefficient (Wildman–Crippen LogP) is -0.662. The summed E-state index contributed by atoms with van der Waals surface area (Å²) in [5.74, 6) is 0.883. The van der Waals surface area contributed by atoms with Crippen molar-refractivity contribution in [1.82, 2.24) is 14.3 Å². The molecule has 2 heterocycles. The fourth-order valence-electron chi connectivity index (χ4n) is 1.70. The molecule has 1 aromatic heterocycles. The number of hydrogen-bond donors (Lipinski definition) is 1. The van der Waals surface area contributed by atoms with E-state index in [1.807, 2.05) is 6.92 Å². The van der Waals surface area contributed by atoms with Crippen LogP contribution in [0, 0.1) is 0 Å². The maximum atomic E-state index is 11.6. The average molecular weight is 182 g/mol. The Morgan fingerprint density at radius 2 is 2.46 bits per heavy atom. The lowest BCUT2D eigenvalue weighted by Gasteiger charge is -2.17. The maximum Gasteiger partial charge on any atom is 0.345 e. The highest BCUT2D eigenvalue weighted by atomic mass is 16.2. The molecule has 0 aliphatic carbocycles. The monoisotopic (exact) mass is 182 g/mol. The summed E-state index contributed by atoms with van der Waals surface area (Å²) < 4.78 is 3.19. The minimum absolute atomic E-state index is 0.0207. The van der Waals surface area contributed by atoms with Gasteiger partial charge in [-0.2, -0.15) is 5.10 Å². The summed E-state index contributed by atoms with van der Waals surface area (Å²) in [6.07, 6.45) is 1.75. The largest absolute Gasteiger partial charge is 0.345 e. The highest BCUT2D eigenvalue weighted by Crippen LogP contribution is 2.08. The highest BCUT2D eigenvalue weighted by molar-refractivity contribution is 4.94. The van der Waals surface area contributed by atoms with Gasteiger partial charge in [-0.1, -0.05) is 0 Å². The van der Waals surface area contributed by atoms with E-state index in [0.29, 0.717) is 13.1 Å². The number of nitrogens with two attached hydrogens (primary N) is 1. The second kappa shape index (κ2) is 2.99. The van der Waals surface area contributed by atoms with Crippen molar-refractivity contribution in [3.63, 3.8) is 0 Å². The minimum Gasteiger partial charge on any atom is -0.326 e. The third kappa shape index (κ3) is 1.29. The molecule has 1 unspecified atom stereocenters. The molecule has 13 heavy (non-hydrogen) atoms. The van der Waals surface area contributed by atoms with E-state index >= 15 is 0 Å². The second-order valence-electron chi connectivity index (χ2n) is 3.42. The number of aryl methyl sites for hydroxylation is 2. The molecular weight excluding hydrogens is 168 g/mol. The van der Waals surface area contributed by atoms with Crippen molar-refractivity contribution in [2.24, 2.45) is 5.73 Å². The van der Waals surface area contributed by atoms with E-state index in [-0.39, 0.29) is 11.7 Å². The number of nitrogens with zero attached hydrogens (tertiary/aromatic N) is 3. The van der Waals surface area contributed by atoms with E-state index < -0.39 is 0 Å². The summed E-state index contributed by atoms with van der Waals surface area (Å²) in [7, 11) is 0. The Kier molecular flexibility index (Phi) is 1.95. The van der Waals surface area contributed by atoms with Gasteiger partial charge >= 0.3 is 5.69 Å². The lowest BCUT2D eigenvalue weighted by atomic mass is 10.1. The quantitative estimate of drug-likeness (QED) is 0.627. The van der Waals surface area contributed by atoms with Gasteiger partial charge in [-0.05, 0) is 13.3 Å². The fraction of sp³-hybridized carbons (Fsp3) is 0.750. The molecule has 0 fully saturated rings. The lowest BCUT2D eigenvalue weighted by molar-refractivity contribution is 0.445.